The first-order chi connectivity index (χ1) is 6.44. The molecule has 1 rings (SSSR count). The van der Waals surface area contributed by atoms with Crippen molar-refractivity contribution in [2.75, 3.05) is 7.11 Å². The van der Waals surface area contributed by atoms with E-state index in [-0.39, 0.29) is 0 Å². The summed E-state index contributed by atoms with van der Waals surface area (Å²) in [6.45, 7) is 8.66. The van der Waals surface area contributed by atoms with Crippen molar-refractivity contribution in [3.05, 3.63) is 23.2 Å². The molecule has 0 fully saturated rings. The van der Waals surface area contributed by atoms with E-state index >= 15 is 0 Å². The summed E-state index contributed by atoms with van der Waals surface area (Å²) in [7, 11) is 0.246. The van der Waals surface area contributed by atoms with Crippen molar-refractivity contribution in [3.8, 4) is 0 Å². The van der Waals surface area contributed by atoms with Gasteiger partial charge in [0, 0.05) is 12.0 Å². The predicted molar refractivity (Wildman–Crippen MR) is 61.5 cm³/mol. The van der Waals surface area contributed by atoms with Crippen molar-refractivity contribution in [1.29, 1.82) is 0 Å². The first kappa shape index (κ1) is 11.4. The fraction of sp³-hybridized carbons (Fsp3) is 0.636. The molecular formula is C11H20O2Si. The summed E-state index contributed by atoms with van der Waals surface area (Å²) in [5.41, 5.74) is 1.17. The molecule has 1 aliphatic rings. The Hall–Kier alpha value is -0.703. The summed E-state index contributed by atoms with van der Waals surface area (Å²) in [5, 5.41) is 0. The second-order valence-electron chi connectivity index (χ2n) is 4.57. The minimum atomic E-state index is -1.49. The molecule has 0 bridgehead atoms. The first-order valence-corrected chi connectivity index (χ1v) is 8.48. The summed E-state index contributed by atoms with van der Waals surface area (Å²) < 4.78 is 11.3. The molecule has 0 amide bonds. The van der Waals surface area contributed by atoms with Crippen molar-refractivity contribution in [1.82, 2.24) is 0 Å². The molecule has 0 saturated carbocycles. The van der Waals surface area contributed by atoms with Gasteiger partial charge in [0.15, 0.2) is 0 Å². The molecule has 2 nitrogen and oxygen atoms in total. The molecule has 0 atom stereocenters. The molecule has 0 radical (unpaired) electrons. The molecule has 0 aromatic rings. The zero-order valence-electron chi connectivity index (χ0n) is 9.81. The molecule has 0 aliphatic heterocycles. The molecule has 0 aromatic heterocycles. The van der Waals surface area contributed by atoms with Gasteiger partial charge in [-0.2, -0.15) is 0 Å². The topological polar surface area (TPSA) is 18.5 Å². The third-order valence-corrected chi connectivity index (χ3v) is 2.98. The maximum atomic E-state index is 5.99. The second kappa shape index (κ2) is 4.21. The van der Waals surface area contributed by atoms with E-state index in [0.717, 1.165) is 24.4 Å². The van der Waals surface area contributed by atoms with E-state index in [4.69, 9.17) is 9.16 Å². The van der Waals surface area contributed by atoms with Crippen LogP contribution >= 0.6 is 0 Å². The fourth-order valence-electron chi connectivity index (χ4n) is 1.52. The quantitative estimate of drug-likeness (QED) is 0.667. The Morgan fingerprint density at radius 2 is 1.93 bits per heavy atom. The molecule has 0 aromatic carbocycles. The van der Waals surface area contributed by atoms with Gasteiger partial charge in [0.1, 0.15) is 11.5 Å². The fourth-order valence-corrected chi connectivity index (χ4v) is 2.41. The van der Waals surface area contributed by atoms with Crippen LogP contribution < -0.4 is 0 Å². The van der Waals surface area contributed by atoms with Crippen LogP contribution in [0.3, 0.4) is 0 Å². The standard InChI is InChI=1S/C11H20O2Si/c1-9-10(12-2)7-6-8-11(9)13-14(3,4)5/h8H,6-7H2,1-5H3. The lowest BCUT2D eigenvalue weighted by Gasteiger charge is -2.25. The van der Waals surface area contributed by atoms with E-state index in [1.807, 2.05) is 0 Å². The largest absolute Gasteiger partial charge is 0.544 e. The maximum Gasteiger partial charge on any atom is 0.242 e. The number of rotatable bonds is 3. The Labute approximate surface area is 87.7 Å². The van der Waals surface area contributed by atoms with Crippen LogP contribution in [0.4, 0.5) is 0 Å². The zero-order valence-corrected chi connectivity index (χ0v) is 10.8. The number of allylic oxidation sites excluding steroid dienone is 3. The lowest BCUT2D eigenvalue weighted by atomic mass is 10.0. The summed E-state index contributed by atoms with van der Waals surface area (Å²) >= 11 is 0. The van der Waals surface area contributed by atoms with Crippen LogP contribution in [0.5, 0.6) is 0 Å². The van der Waals surface area contributed by atoms with Crippen molar-refractivity contribution < 1.29 is 9.16 Å². The monoisotopic (exact) mass is 212 g/mol. The van der Waals surface area contributed by atoms with Crippen LogP contribution in [0.1, 0.15) is 19.8 Å². The highest BCUT2D eigenvalue weighted by Gasteiger charge is 2.21. The van der Waals surface area contributed by atoms with Crippen molar-refractivity contribution in [2.24, 2.45) is 0 Å². The summed E-state index contributed by atoms with van der Waals surface area (Å²) in [4.78, 5) is 0. The van der Waals surface area contributed by atoms with E-state index in [9.17, 15) is 0 Å². The van der Waals surface area contributed by atoms with Gasteiger partial charge in [-0.25, -0.2) is 0 Å². The Balaban J connectivity index is 2.80. The van der Waals surface area contributed by atoms with Gasteiger partial charge in [-0.05, 0) is 39.1 Å². The van der Waals surface area contributed by atoms with Gasteiger partial charge < -0.3 is 9.16 Å². The van der Waals surface area contributed by atoms with Gasteiger partial charge in [-0.15, -0.1) is 0 Å². The minimum Gasteiger partial charge on any atom is -0.544 e. The van der Waals surface area contributed by atoms with Crippen molar-refractivity contribution >= 4 is 8.32 Å². The molecule has 0 saturated heterocycles. The lowest BCUT2D eigenvalue weighted by Crippen LogP contribution is -2.26. The average molecular weight is 212 g/mol. The highest BCUT2D eigenvalue weighted by molar-refractivity contribution is 6.70. The smallest absolute Gasteiger partial charge is 0.242 e. The molecule has 3 heteroatoms. The second-order valence-corrected chi connectivity index (χ2v) is 9.00. The Bertz CT molecular complexity index is 272. The Kier molecular flexibility index (Phi) is 3.42. The molecule has 14 heavy (non-hydrogen) atoms. The third-order valence-electron chi connectivity index (χ3n) is 2.15. The van der Waals surface area contributed by atoms with Crippen LogP contribution in [0.25, 0.3) is 0 Å². The average Bonchev–Trinajstić information content (AvgIpc) is 2.06. The van der Waals surface area contributed by atoms with E-state index in [1.165, 1.54) is 5.57 Å². The zero-order chi connectivity index (χ0) is 10.8. The van der Waals surface area contributed by atoms with Gasteiger partial charge in [-0.1, -0.05) is 0 Å². The molecule has 0 heterocycles. The van der Waals surface area contributed by atoms with E-state index in [2.05, 4.69) is 32.6 Å². The Morgan fingerprint density at radius 1 is 1.29 bits per heavy atom. The summed E-state index contributed by atoms with van der Waals surface area (Å²) in [5.74, 6) is 2.10. The molecule has 0 N–H and O–H groups in total. The first-order valence-electron chi connectivity index (χ1n) is 5.07. The molecule has 0 unspecified atom stereocenters. The number of hydrogen-bond acceptors (Lipinski definition) is 2. The number of methoxy groups -OCH3 is 1. The van der Waals surface area contributed by atoms with Gasteiger partial charge in [0.2, 0.25) is 8.32 Å². The van der Waals surface area contributed by atoms with Gasteiger partial charge >= 0.3 is 0 Å². The minimum absolute atomic E-state index is 1.00. The number of ether oxygens (including phenoxy) is 1. The highest BCUT2D eigenvalue weighted by Crippen LogP contribution is 2.28. The Morgan fingerprint density at radius 3 is 2.43 bits per heavy atom. The van der Waals surface area contributed by atoms with Gasteiger partial charge in [-0.3, -0.25) is 0 Å². The number of hydrogen-bond donors (Lipinski definition) is 0. The highest BCUT2D eigenvalue weighted by atomic mass is 28.4. The van der Waals surface area contributed by atoms with E-state index in [1.54, 1.807) is 7.11 Å². The lowest BCUT2D eigenvalue weighted by molar-refractivity contribution is 0.265. The normalized spacial score (nSPS) is 17.9. The van der Waals surface area contributed by atoms with Crippen LogP contribution in [0.15, 0.2) is 23.2 Å². The summed E-state index contributed by atoms with van der Waals surface area (Å²) in [6, 6.07) is 0. The van der Waals surface area contributed by atoms with E-state index in [0.29, 0.717) is 0 Å². The van der Waals surface area contributed by atoms with Crippen LogP contribution in [-0.4, -0.2) is 15.4 Å². The molecule has 80 valence electrons. The molecular weight excluding hydrogens is 192 g/mol. The van der Waals surface area contributed by atoms with Crippen LogP contribution in [-0.2, 0) is 9.16 Å². The SMILES string of the molecule is COC1=C(C)C(O[Si](C)(C)C)=CCC1. The van der Waals surface area contributed by atoms with Crippen LogP contribution in [0, 0.1) is 0 Å². The molecule has 0 spiro atoms. The maximum absolute atomic E-state index is 5.99. The summed E-state index contributed by atoms with van der Waals surface area (Å²) in [6.07, 6.45) is 4.21. The van der Waals surface area contributed by atoms with Gasteiger partial charge in [0.05, 0.1) is 7.11 Å². The van der Waals surface area contributed by atoms with E-state index < -0.39 is 8.32 Å². The van der Waals surface area contributed by atoms with Crippen molar-refractivity contribution in [3.63, 3.8) is 0 Å². The van der Waals surface area contributed by atoms with Gasteiger partial charge in [0.25, 0.3) is 0 Å². The third kappa shape index (κ3) is 2.91. The predicted octanol–water partition coefficient (Wildman–Crippen LogP) is 3.44. The van der Waals surface area contributed by atoms with Crippen LogP contribution in [0.2, 0.25) is 19.6 Å². The van der Waals surface area contributed by atoms with Crippen molar-refractivity contribution in [2.45, 2.75) is 39.4 Å². The molecule has 1 aliphatic carbocycles.